The van der Waals surface area contributed by atoms with Gasteiger partial charge >= 0.3 is 0 Å². The lowest BCUT2D eigenvalue weighted by Gasteiger charge is -2.07. The van der Waals surface area contributed by atoms with Crippen LogP contribution in [0.4, 0.5) is 8.78 Å². The Bertz CT molecular complexity index is 639. The molecule has 1 N–H and O–H groups in total. The van der Waals surface area contributed by atoms with Crippen LogP contribution in [-0.4, -0.2) is 18.0 Å². The molecule has 0 saturated heterocycles. The average molecular weight is 264 g/mol. The van der Waals surface area contributed by atoms with E-state index in [-0.39, 0.29) is 11.3 Å². The zero-order chi connectivity index (χ0) is 14.0. The van der Waals surface area contributed by atoms with Crippen LogP contribution in [-0.2, 0) is 0 Å². The molecule has 0 atom stereocenters. The molecule has 98 valence electrons. The molecule has 0 aliphatic carbocycles. The van der Waals surface area contributed by atoms with Crippen molar-refractivity contribution < 1.29 is 23.4 Å². The van der Waals surface area contributed by atoms with Gasteiger partial charge in [-0.25, -0.2) is 8.78 Å². The third kappa shape index (κ3) is 2.54. The maximum absolute atomic E-state index is 13.5. The van der Waals surface area contributed by atoms with Crippen LogP contribution in [0.25, 0.3) is 0 Å². The van der Waals surface area contributed by atoms with Crippen LogP contribution in [0.1, 0.15) is 15.9 Å². The summed E-state index contributed by atoms with van der Waals surface area (Å²) < 4.78 is 31.4. The molecule has 0 unspecified atom stereocenters. The van der Waals surface area contributed by atoms with Crippen molar-refractivity contribution in [2.24, 2.45) is 0 Å². The number of methoxy groups -OCH3 is 1. The number of carbonyl (C=O) groups is 1. The van der Waals surface area contributed by atoms with Crippen LogP contribution in [0.3, 0.4) is 0 Å². The predicted molar refractivity (Wildman–Crippen MR) is 64.4 cm³/mol. The fraction of sp³-hybridized carbons (Fsp3) is 0.0714. The molecule has 0 saturated carbocycles. The van der Waals surface area contributed by atoms with E-state index < -0.39 is 23.0 Å². The number of hydrogen-bond donors (Lipinski definition) is 1. The molecule has 0 radical (unpaired) electrons. The summed E-state index contributed by atoms with van der Waals surface area (Å²) >= 11 is 0. The number of halogens is 2. The third-order valence-electron chi connectivity index (χ3n) is 2.62. The smallest absolute Gasteiger partial charge is 0.199 e. The Labute approximate surface area is 108 Å². The number of phenols is 1. The number of benzene rings is 2. The van der Waals surface area contributed by atoms with Crippen LogP contribution in [0.15, 0.2) is 36.4 Å². The topological polar surface area (TPSA) is 46.5 Å². The number of carbonyl (C=O) groups excluding carboxylic acids is 1. The Morgan fingerprint density at radius 1 is 1.11 bits per heavy atom. The molecule has 0 fully saturated rings. The minimum absolute atomic E-state index is 0.120. The minimum Gasteiger partial charge on any atom is -0.507 e. The zero-order valence-corrected chi connectivity index (χ0v) is 9.98. The fourth-order valence-electron chi connectivity index (χ4n) is 1.65. The van der Waals surface area contributed by atoms with Crippen LogP contribution >= 0.6 is 0 Å². The summed E-state index contributed by atoms with van der Waals surface area (Å²) in [6, 6.07) is 6.54. The SMILES string of the molecule is COc1ccc(C(=O)c2cc(F)ccc2F)c(O)c1. The summed E-state index contributed by atoms with van der Waals surface area (Å²) in [5.41, 5.74) is -0.550. The first-order chi connectivity index (χ1) is 9.02. The fourth-order valence-corrected chi connectivity index (χ4v) is 1.65. The summed E-state index contributed by atoms with van der Waals surface area (Å²) in [7, 11) is 1.41. The van der Waals surface area contributed by atoms with Crippen LogP contribution in [0, 0.1) is 11.6 Å². The highest BCUT2D eigenvalue weighted by molar-refractivity contribution is 6.10. The molecule has 0 spiro atoms. The van der Waals surface area contributed by atoms with Gasteiger partial charge in [0.05, 0.1) is 18.2 Å². The first-order valence-electron chi connectivity index (χ1n) is 5.39. The number of hydrogen-bond acceptors (Lipinski definition) is 3. The molecule has 19 heavy (non-hydrogen) atoms. The predicted octanol–water partition coefficient (Wildman–Crippen LogP) is 2.91. The van der Waals surface area contributed by atoms with E-state index in [1.807, 2.05) is 0 Å². The summed E-state index contributed by atoms with van der Waals surface area (Å²) in [5.74, 6) is -2.36. The van der Waals surface area contributed by atoms with E-state index in [1.54, 1.807) is 0 Å². The number of ether oxygens (including phenoxy) is 1. The largest absolute Gasteiger partial charge is 0.507 e. The Hall–Kier alpha value is -2.43. The Kier molecular flexibility index (Phi) is 3.46. The van der Waals surface area contributed by atoms with Gasteiger partial charge in [0.2, 0.25) is 0 Å². The molecule has 2 aromatic rings. The lowest BCUT2D eigenvalue weighted by Crippen LogP contribution is -2.05. The second-order valence-electron chi connectivity index (χ2n) is 3.84. The van der Waals surface area contributed by atoms with Gasteiger partial charge in [-0.2, -0.15) is 0 Å². The van der Waals surface area contributed by atoms with Gasteiger partial charge in [-0.1, -0.05) is 0 Å². The zero-order valence-electron chi connectivity index (χ0n) is 9.98. The molecule has 0 bridgehead atoms. The van der Waals surface area contributed by atoms with E-state index in [9.17, 15) is 18.7 Å². The lowest BCUT2D eigenvalue weighted by molar-refractivity contribution is 0.103. The first kappa shape index (κ1) is 13.0. The molecular weight excluding hydrogens is 254 g/mol. The summed E-state index contributed by atoms with van der Waals surface area (Å²) in [6.07, 6.45) is 0. The van der Waals surface area contributed by atoms with E-state index in [0.29, 0.717) is 5.75 Å². The molecule has 3 nitrogen and oxygen atoms in total. The Balaban J connectivity index is 2.47. The van der Waals surface area contributed by atoms with Crippen LogP contribution in [0.2, 0.25) is 0 Å². The van der Waals surface area contributed by atoms with Gasteiger partial charge < -0.3 is 9.84 Å². The number of phenolic OH excluding ortho intramolecular Hbond substituents is 1. The van der Waals surface area contributed by atoms with Crippen molar-refractivity contribution in [3.8, 4) is 11.5 Å². The summed E-state index contributed by atoms with van der Waals surface area (Å²) in [6.45, 7) is 0. The van der Waals surface area contributed by atoms with Crippen molar-refractivity contribution in [2.75, 3.05) is 7.11 Å². The van der Waals surface area contributed by atoms with Gasteiger partial charge in [0.15, 0.2) is 5.78 Å². The van der Waals surface area contributed by atoms with Crippen molar-refractivity contribution in [1.82, 2.24) is 0 Å². The Morgan fingerprint density at radius 2 is 1.84 bits per heavy atom. The van der Waals surface area contributed by atoms with Gasteiger partial charge in [0.25, 0.3) is 0 Å². The monoisotopic (exact) mass is 264 g/mol. The summed E-state index contributed by atoms with van der Waals surface area (Å²) in [5, 5.41) is 9.70. The second kappa shape index (κ2) is 5.06. The lowest BCUT2D eigenvalue weighted by atomic mass is 10.0. The maximum Gasteiger partial charge on any atom is 0.199 e. The van der Waals surface area contributed by atoms with Crippen molar-refractivity contribution >= 4 is 5.78 Å². The first-order valence-corrected chi connectivity index (χ1v) is 5.39. The van der Waals surface area contributed by atoms with Gasteiger partial charge in [-0.15, -0.1) is 0 Å². The average Bonchev–Trinajstić information content (AvgIpc) is 2.40. The van der Waals surface area contributed by atoms with Crippen molar-refractivity contribution in [2.45, 2.75) is 0 Å². The summed E-state index contributed by atoms with van der Waals surface area (Å²) in [4.78, 5) is 12.0. The molecule has 2 aromatic carbocycles. The quantitative estimate of drug-likeness (QED) is 0.867. The van der Waals surface area contributed by atoms with E-state index in [1.165, 1.54) is 25.3 Å². The number of rotatable bonds is 3. The van der Waals surface area contributed by atoms with Crippen molar-refractivity contribution in [1.29, 1.82) is 0 Å². The van der Waals surface area contributed by atoms with Crippen LogP contribution in [0.5, 0.6) is 11.5 Å². The van der Waals surface area contributed by atoms with Crippen molar-refractivity contribution in [3.63, 3.8) is 0 Å². The highest BCUT2D eigenvalue weighted by Gasteiger charge is 2.18. The second-order valence-corrected chi connectivity index (χ2v) is 3.84. The number of aromatic hydroxyl groups is 1. The van der Waals surface area contributed by atoms with Crippen molar-refractivity contribution in [3.05, 3.63) is 59.2 Å². The highest BCUT2D eigenvalue weighted by atomic mass is 19.1. The molecular formula is C14H10F2O3. The highest BCUT2D eigenvalue weighted by Crippen LogP contribution is 2.26. The maximum atomic E-state index is 13.5. The Morgan fingerprint density at radius 3 is 2.47 bits per heavy atom. The van der Waals surface area contributed by atoms with Gasteiger partial charge in [0, 0.05) is 6.07 Å². The van der Waals surface area contributed by atoms with E-state index in [4.69, 9.17) is 4.74 Å². The van der Waals surface area contributed by atoms with Gasteiger partial charge in [0.1, 0.15) is 23.1 Å². The van der Waals surface area contributed by atoms with Crippen LogP contribution < -0.4 is 4.74 Å². The molecule has 0 aromatic heterocycles. The molecule has 0 heterocycles. The molecule has 2 rings (SSSR count). The van der Waals surface area contributed by atoms with Gasteiger partial charge in [-0.3, -0.25) is 4.79 Å². The molecule has 0 aliphatic rings. The van der Waals surface area contributed by atoms with E-state index >= 15 is 0 Å². The van der Waals surface area contributed by atoms with Gasteiger partial charge in [-0.05, 0) is 30.3 Å². The molecule has 0 aliphatic heterocycles. The molecule has 5 heteroatoms. The third-order valence-corrected chi connectivity index (χ3v) is 2.62. The van der Waals surface area contributed by atoms with E-state index in [0.717, 1.165) is 18.2 Å². The normalized spacial score (nSPS) is 10.3. The van der Waals surface area contributed by atoms with E-state index in [2.05, 4.69) is 0 Å². The standard InChI is InChI=1S/C14H10F2O3/c1-19-9-3-4-10(13(17)7-9)14(18)11-6-8(15)2-5-12(11)16/h2-7,17H,1H3. The molecule has 0 amide bonds. The number of ketones is 1. The minimum atomic E-state index is -0.846.